The summed E-state index contributed by atoms with van der Waals surface area (Å²) in [6, 6.07) is 0. The van der Waals surface area contributed by atoms with E-state index in [-0.39, 0.29) is 5.41 Å². The van der Waals surface area contributed by atoms with E-state index in [0.717, 1.165) is 56.3 Å². The van der Waals surface area contributed by atoms with Crippen LogP contribution in [0.5, 0.6) is 0 Å². The van der Waals surface area contributed by atoms with Crippen molar-refractivity contribution in [3.8, 4) is 0 Å². The van der Waals surface area contributed by atoms with Crippen LogP contribution in [0, 0.1) is 28.6 Å². The van der Waals surface area contributed by atoms with Crippen molar-refractivity contribution in [1.82, 2.24) is 0 Å². The quantitative estimate of drug-likeness (QED) is 0.346. The Labute approximate surface area is 177 Å². The molecule has 0 saturated heterocycles. The lowest BCUT2D eigenvalue weighted by Crippen LogP contribution is -2.50. The molecule has 3 heteroatoms. The number of unbranched alkanes of at least 4 members (excludes halogenated alkanes) is 4. The maximum absolute atomic E-state index is 12.6. The van der Waals surface area contributed by atoms with Crippen LogP contribution in [0.25, 0.3) is 0 Å². The second kappa shape index (κ2) is 8.55. The van der Waals surface area contributed by atoms with Crippen LogP contribution in [0.3, 0.4) is 0 Å². The van der Waals surface area contributed by atoms with Gasteiger partial charge in [-0.2, -0.15) is 0 Å². The first-order valence-corrected chi connectivity index (χ1v) is 12.4. The van der Waals surface area contributed by atoms with Gasteiger partial charge in [-0.25, -0.2) is 0 Å². The van der Waals surface area contributed by atoms with Crippen LogP contribution >= 0.6 is 0 Å². The smallest absolute Gasteiger partial charge is 0.139 e. The molecule has 0 aliphatic heterocycles. The zero-order chi connectivity index (χ0) is 20.5. The van der Waals surface area contributed by atoms with Crippen LogP contribution in [0.4, 0.5) is 0 Å². The molecule has 5 atom stereocenters. The number of oxime groups is 1. The van der Waals surface area contributed by atoms with Gasteiger partial charge in [0.25, 0.3) is 0 Å². The number of hydrogen-bond donors (Lipinski definition) is 0. The van der Waals surface area contributed by atoms with E-state index in [1.807, 2.05) is 0 Å². The third kappa shape index (κ3) is 3.83. The van der Waals surface area contributed by atoms with Gasteiger partial charge in [0.2, 0.25) is 0 Å². The van der Waals surface area contributed by atoms with Crippen molar-refractivity contribution in [3.63, 3.8) is 0 Å². The van der Waals surface area contributed by atoms with Crippen molar-refractivity contribution >= 4 is 11.5 Å². The van der Waals surface area contributed by atoms with Crippen molar-refractivity contribution in [1.29, 1.82) is 0 Å². The van der Waals surface area contributed by atoms with Crippen LogP contribution in [-0.2, 0) is 9.63 Å². The summed E-state index contributed by atoms with van der Waals surface area (Å²) < 4.78 is 0. The average molecular weight is 400 g/mol. The van der Waals surface area contributed by atoms with Crippen molar-refractivity contribution in [2.45, 2.75) is 104 Å². The number of rotatable bonds is 7. The van der Waals surface area contributed by atoms with E-state index in [1.54, 1.807) is 5.57 Å². The highest BCUT2D eigenvalue weighted by Crippen LogP contribution is 2.64. The zero-order valence-corrected chi connectivity index (χ0v) is 19.0. The predicted octanol–water partition coefficient (Wildman–Crippen LogP) is 6.86. The Bertz CT molecular complexity index is 680. The van der Waals surface area contributed by atoms with Gasteiger partial charge in [-0.1, -0.05) is 50.8 Å². The second-order valence-corrected chi connectivity index (χ2v) is 10.8. The third-order valence-electron chi connectivity index (χ3n) is 9.21. The van der Waals surface area contributed by atoms with Gasteiger partial charge in [0.1, 0.15) is 12.4 Å². The standard InChI is InChI=1S/C26H41NO2/c1-4-5-6-7-8-17-29-27-20-13-15-25(2)19(18-20)9-10-21-22-11-12-24(28)26(22,3)16-14-23(21)25/h18,21-23H,4-17H2,1-3H3/t21?,22?,23?,25-,26-/m0/s1. The van der Waals surface area contributed by atoms with Gasteiger partial charge in [-0.15, -0.1) is 0 Å². The van der Waals surface area contributed by atoms with Gasteiger partial charge in [0, 0.05) is 11.8 Å². The summed E-state index contributed by atoms with van der Waals surface area (Å²) in [5, 5.41) is 4.50. The van der Waals surface area contributed by atoms with Gasteiger partial charge in [-0.05, 0) is 87.0 Å². The van der Waals surface area contributed by atoms with Gasteiger partial charge in [0.05, 0.1) is 5.71 Å². The molecule has 0 aromatic rings. The van der Waals surface area contributed by atoms with Gasteiger partial charge in [-0.3, -0.25) is 4.79 Å². The Hall–Kier alpha value is -1.12. The molecule has 0 heterocycles. The Morgan fingerprint density at radius 1 is 0.966 bits per heavy atom. The first-order valence-electron chi connectivity index (χ1n) is 12.4. The molecule has 0 bridgehead atoms. The number of hydrogen-bond acceptors (Lipinski definition) is 3. The molecule has 3 unspecified atom stereocenters. The largest absolute Gasteiger partial charge is 0.396 e. The Kier molecular flexibility index (Phi) is 6.23. The Morgan fingerprint density at radius 3 is 2.59 bits per heavy atom. The molecule has 0 amide bonds. The molecule has 29 heavy (non-hydrogen) atoms. The number of ketones is 1. The van der Waals surface area contributed by atoms with E-state index in [4.69, 9.17) is 4.84 Å². The monoisotopic (exact) mass is 399 g/mol. The molecule has 0 spiro atoms. The minimum atomic E-state index is -0.00893. The van der Waals surface area contributed by atoms with Crippen LogP contribution in [0.1, 0.15) is 104 Å². The fourth-order valence-corrected chi connectivity index (χ4v) is 7.31. The van der Waals surface area contributed by atoms with E-state index >= 15 is 0 Å². The summed E-state index contributed by atoms with van der Waals surface area (Å²) in [5.41, 5.74) is 3.07. The number of Topliss-reactive ketones (excluding diaryl/α,β-unsaturated/α-hetero) is 1. The molecule has 4 aliphatic carbocycles. The van der Waals surface area contributed by atoms with E-state index in [2.05, 4.69) is 32.0 Å². The van der Waals surface area contributed by atoms with E-state index in [1.165, 1.54) is 51.4 Å². The number of allylic oxidation sites excluding steroid dienone is 2. The minimum Gasteiger partial charge on any atom is -0.396 e. The van der Waals surface area contributed by atoms with Crippen LogP contribution in [0.15, 0.2) is 16.8 Å². The molecule has 4 aliphatic rings. The maximum atomic E-state index is 12.6. The number of nitrogens with zero attached hydrogens (tertiary/aromatic N) is 1. The number of fused-ring (bicyclic) bond motifs is 5. The predicted molar refractivity (Wildman–Crippen MR) is 119 cm³/mol. The highest BCUT2D eigenvalue weighted by atomic mass is 16.6. The van der Waals surface area contributed by atoms with Crippen LogP contribution in [-0.4, -0.2) is 18.1 Å². The molecule has 162 valence electrons. The number of carbonyl (C=O) groups excluding carboxylic acids is 1. The van der Waals surface area contributed by atoms with Crippen LogP contribution < -0.4 is 0 Å². The summed E-state index contributed by atoms with van der Waals surface area (Å²) in [7, 11) is 0. The topological polar surface area (TPSA) is 38.7 Å². The van der Waals surface area contributed by atoms with E-state index in [9.17, 15) is 4.79 Å². The molecular formula is C26H41NO2. The first kappa shape index (κ1) is 21.1. The van der Waals surface area contributed by atoms with E-state index in [0.29, 0.717) is 17.1 Å². The summed E-state index contributed by atoms with van der Waals surface area (Å²) in [4.78, 5) is 18.2. The fraction of sp³-hybridized carbons (Fsp3) is 0.846. The summed E-state index contributed by atoms with van der Waals surface area (Å²) in [6.45, 7) is 7.80. The average Bonchev–Trinajstić information content (AvgIpc) is 3.02. The van der Waals surface area contributed by atoms with E-state index < -0.39 is 0 Å². The van der Waals surface area contributed by atoms with Crippen molar-refractivity contribution < 1.29 is 9.63 Å². The number of carbonyl (C=O) groups is 1. The molecule has 3 nitrogen and oxygen atoms in total. The molecule has 0 aromatic carbocycles. The van der Waals surface area contributed by atoms with Gasteiger partial charge >= 0.3 is 0 Å². The Balaban J connectivity index is 1.39. The molecular weight excluding hydrogens is 358 g/mol. The van der Waals surface area contributed by atoms with Gasteiger partial charge in [0.15, 0.2) is 0 Å². The second-order valence-electron chi connectivity index (χ2n) is 10.8. The maximum Gasteiger partial charge on any atom is 0.139 e. The highest BCUT2D eigenvalue weighted by molar-refractivity contribution is 5.96. The molecule has 0 radical (unpaired) electrons. The lowest BCUT2D eigenvalue weighted by atomic mass is 9.47. The molecule has 3 fully saturated rings. The highest BCUT2D eigenvalue weighted by Gasteiger charge is 2.58. The van der Waals surface area contributed by atoms with Crippen LogP contribution in [0.2, 0.25) is 0 Å². The van der Waals surface area contributed by atoms with Gasteiger partial charge < -0.3 is 4.84 Å². The minimum absolute atomic E-state index is 0.00893. The molecule has 0 aromatic heterocycles. The lowest BCUT2D eigenvalue weighted by Gasteiger charge is -2.57. The lowest BCUT2D eigenvalue weighted by molar-refractivity contribution is -0.132. The van der Waals surface area contributed by atoms with Crippen molar-refractivity contribution in [3.05, 3.63) is 11.6 Å². The third-order valence-corrected chi connectivity index (χ3v) is 9.21. The zero-order valence-electron chi connectivity index (χ0n) is 19.0. The first-order chi connectivity index (χ1) is 14.0. The van der Waals surface area contributed by atoms with Crippen molar-refractivity contribution in [2.24, 2.45) is 33.7 Å². The normalized spacial score (nSPS) is 40.2. The molecule has 4 rings (SSSR count). The summed E-state index contributed by atoms with van der Waals surface area (Å²) in [5.74, 6) is 2.70. The SMILES string of the molecule is CCCCCCCON=C1C=C2CCC3C(CC[C@]4(C)C(=O)CCC34)[C@@]2(C)CC1. The fourth-order valence-electron chi connectivity index (χ4n) is 7.31. The molecule has 0 N–H and O–H groups in total. The summed E-state index contributed by atoms with van der Waals surface area (Å²) in [6.07, 6.45) is 17.7. The molecule has 3 saturated carbocycles. The van der Waals surface area contributed by atoms with Crippen molar-refractivity contribution in [2.75, 3.05) is 6.61 Å². The summed E-state index contributed by atoms with van der Waals surface area (Å²) >= 11 is 0. The Morgan fingerprint density at radius 2 is 1.76 bits per heavy atom.